The Morgan fingerprint density at radius 2 is 2.18 bits per heavy atom. The first-order chi connectivity index (χ1) is 13.2. The number of benzene rings is 1. The van der Waals surface area contributed by atoms with Gasteiger partial charge in [0.1, 0.15) is 11.1 Å². The zero-order valence-electron chi connectivity index (χ0n) is 16.7. The van der Waals surface area contributed by atoms with Gasteiger partial charge in [-0.1, -0.05) is 20.8 Å². The number of nitriles is 1. The molecule has 1 aliphatic rings. The van der Waals surface area contributed by atoms with E-state index in [1.807, 2.05) is 6.92 Å². The topological polar surface area (TPSA) is 65.6 Å². The maximum absolute atomic E-state index is 9.97. The summed E-state index contributed by atoms with van der Waals surface area (Å²) in [5, 5.41) is 20.5. The van der Waals surface area contributed by atoms with Gasteiger partial charge in [-0.3, -0.25) is 0 Å². The van der Waals surface area contributed by atoms with Crippen molar-refractivity contribution in [3.8, 4) is 17.6 Å². The van der Waals surface area contributed by atoms with Crippen molar-refractivity contribution < 1.29 is 9.84 Å². The molecule has 2 aromatic rings. The van der Waals surface area contributed by atoms with Crippen molar-refractivity contribution in [2.75, 3.05) is 6.61 Å². The highest BCUT2D eigenvalue weighted by Gasteiger charge is 2.32. The highest BCUT2D eigenvalue weighted by atomic mass is 79.9. The molecular formula is C22H25BrN2O2S. The number of hydrogen-bond acceptors (Lipinski definition) is 5. The average molecular weight is 461 g/mol. The number of nitrogens with zero attached hydrogens (tertiary/aromatic N) is 2. The van der Waals surface area contributed by atoms with Crippen LogP contribution in [0.2, 0.25) is 0 Å². The van der Waals surface area contributed by atoms with E-state index in [1.165, 1.54) is 10.4 Å². The Bertz CT molecular complexity index is 951. The second-order valence-corrected chi connectivity index (χ2v) is 10.1. The van der Waals surface area contributed by atoms with E-state index in [1.54, 1.807) is 29.7 Å². The van der Waals surface area contributed by atoms with Gasteiger partial charge >= 0.3 is 0 Å². The minimum atomic E-state index is 0.0865. The molecule has 148 valence electrons. The Kier molecular flexibility index (Phi) is 6.16. The van der Waals surface area contributed by atoms with Crippen molar-refractivity contribution in [1.82, 2.24) is 0 Å². The Morgan fingerprint density at radius 1 is 1.43 bits per heavy atom. The van der Waals surface area contributed by atoms with Crippen LogP contribution < -0.4 is 4.74 Å². The number of phenols is 1. The number of phenolic OH excluding ortho intramolecular Hbond substituents is 1. The van der Waals surface area contributed by atoms with Gasteiger partial charge in [0, 0.05) is 21.1 Å². The third-order valence-corrected chi connectivity index (χ3v) is 7.13. The predicted molar refractivity (Wildman–Crippen MR) is 118 cm³/mol. The lowest BCUT2D eigenvalue weighted by atomic mass is 9.72. The zero-order valence-corrected chi connectivity index (χ0v) is 19.1. The summed E-state index contributed by atoms with van der Waals surface area (Å²) in [5.74, 6) is 1.14. The molecule has 1 aromatic heterocycles. The molecule has 0 fully saturated rings. The van der Waals surface area contributed by atoms with Crippen LogP contribution in [0.1, 0.15) is 55.7 Å². The van der Waals surface area contributed by atoms with Crippen molar-refractivity contribution in [3.63, 3.8) is 0 Å². The summed E-state index contributed by atoms with van der Waals surface area (Å²) in [6, 6.07) is 5.72. The number of aliphatic imine (C=N–C) groups is 1. The molecule has 1 heterocycles. The summed E-state index contributed by atoms with van der Waals surface area (Å²) in [7, 11) is 0. The van der Waals surface area contributed by atoms with E-state index in [2.05, 4.69) is 47.8 Å². The Balaban J connectivity index is 1.93. The second-order valence-electron chi connectivity index (χ2n) is 8.13. The van der Waals surface area contributed by atoms with Crippen LogP contribution in [0.15, 0.2) is 21.6 Å². The van der Waals surface area contributed by atoms with Crippen LogP contribution in [-0.4, -0.2) is 17.9 Å². The van der Waals surface area contributed by atoms with Crippen molar-refractivity contribution in [1.29, 1.82) is 5.26 Å². The summed E-state index contributed by atoms with van der Waals surface area (Å²) in [6.45, 7) is 9.21. The fourth-order valence-electron chi connectivity index (χ4n) is 3.57. The molecule has 1 N–H and O–H groups in total. The fraction of sp³-hybridized carbons (Fsp3) is 0.455. The summed E-state index contributed by atoms with van der Waals surface area (Å²) in [5.41, 5.74) is 2.96. The third-order valence-electron chi connectivity index (χ3n) is 5.28. The van der Waals surface area contributed by atoms with Crippen molar-refractivity contribution in [3.05, 3.63) is 38.2 Å². The van der Waals surface area contributed by atoms with Gasteiger partial charge in [0.05, 0.1) is 12.2 Å². The molecule has 0 aliphatic heterocycles. The van der Waals surface area contributed by atoms with Crippen LogP contribution in [0.4, 0.5) is 5.00 Å². The van der Waals surface area contributed by atoms with Crippen LogP contribution >= 0.6 is 27.3 Å². The SMILES string of the molecule is CCOc1cc(C=Nc2sc3c(c2C#N)CC[C@@H](C(C)(C)C)C3)c(Br)cc1O. The van der Waals surface area contributed by atoms with E-state index in [0.29, 0.717) is 23.8 Å². The molecule has 6 heteroatoms. The van der Waals surface area contributed by atoms with Gasteiger partial charge in [-0.2, -0.15) is 5.26 Å². The number of fused-ring (bicyclic) bond motifs is 1. The minimum absolute atomic E-state index is 0.0865. The molecule has 0 saturated carbocycles. The maximum atomic E-state index is 9.97. The molecule has 0 saturated heterocycles. The summed E-state index contributed by atoms with van der Waals surface area (Å²) in [4.78, 5) is 5.94. The number of ether oxygens (including phenoxy) is 1. The predicted octanol–water partition coefficient (Wildman–Crippen LogP) is 6.39. The van der Waals surface area contributed by atoms with Crippen molar-refractivity contribution >= 4 is 38.5 Å². The first-order valence-corrected chi connectivity index (χ1v) is 11.1. The van der Waals surface area contributed by atoms with E-state index in [-0.39, 0.29) is 11.2 Å². The number of rotatable bonds is 4. The number of halogens is 1. The quantitative estimate of drug-likeness (QED) is 0.537. The largest absolute Gasteiger partial charge is 0.504 e. The van der Waals surface area contributed by atoms with Crippen molar-refractivity contribution in [2.45, 2.75) is 47.0 Å². The molecule has 0 spiro atoms. The molecule has 28 heavy (non-hydrogen) atoms. The molecular weight excluding hydrogens is 436 g/mol. The monoisotopic (exact) mass is 460 g/mol. The zero-order chi connectivity index (χ0) is 20.5. The van der Waals surface area contributed by atoms with Gasteiger partial charge in [-0.15, -0.1) is 11.3 Å². The number of hydrogen-bond donors (Lipinski definition) is 1. The van der Waals surface area contributed by atoms with Gasteiger partial charge in [-0.25, -0.2) is 4.99 Å². The van der Waals surface area contributed by atoms with Crippen LogP contribution in [-0.2, 0) is 12.8 Å². The minimum Gasteiger partial charge on any atom is -0.504 e. The summed E-state index contributed by atoms with van der Waals surface area (Å²) >= 11 is 5.09. The van der Waals surface area contributed by atoms with E-state index >= 15 is 0 Å². The molecule has 3 rings (SSSR count). The molecule has 0 amide bonds. The molecule has 1 aromatic carbocycles. The standard InChI is InChI=1S/C22H25BrN2O2S/c1-5-27-19-8-13(17(23)10-18(19)26)12-25-21-16(11-24)15-7-6-14(22(2,3)4)9-20(15)28-21/h8,10,12,14,26H,5-7,9H2,1-4H3/t14-/m1/s1. The lowest BCUT2D eigenvalue weighted by Gasteiger charge is -2.33. The number of thiophene rings is 1. The Hall–Kier alpha value is -1.84. The normalized spacial score (nSPS) is 16.8. The van der Waals surface area contributed by atoms with Crippen LogP contribution in [0.5, 0.6) is 11.5 Å². The summed E-state index contributed by atoms with van der Waals surface area (Å²) in [6.07, 6.45) is 4.81. The second kappa shape index (κ2) is 8.26. The smallest absolute Gasteiger partial charge is 0.161 e. The Labute approximate surface area is 179 Å². The highest BCUT2D eigenvalue weighted by molar-refractivity contribution is 9.10. The van der Waals surface area contributed by atoms with Gasteiger partial charge < -0.3 is 9.84 Å². The van der Waals surface area contributed by atoms with Crippen LogP contribution in [0.25, 0.3) is 0 Å². The molecule has 4 nitrogen and oxygen atoms in total. The van der Waals surface area contributed by atoms with Crippen LogP contribution in [0, 0.1) is 22.7 Å². The van der Waals surface area contributed by atoms with Crippen LogP contribution in [0.3, 0.4) is 0 Å². The van der Waals surface area contributed by atoms with E-state index in [9.17, 15) is 10.4 Å². The van der Waals surface area contributed by atoms with Crippen molar-refractivity contribution in [2.24, 2.45) is 16.3 Å². The van der Waals surface area contributed by atoms with Gasteiger partial charge in [0.15, 0.2) is 11.5 Å². The van der Waals surface area contributed by atoms with E-state index < -0.39 is 0 Å². The third kappa shape index (κ3) is 4.26. The lowest BCUT2D eigenvalue weighted by molar-refractivity contribution is 0.218. The molecule has 0 radical (unpaired) electrons. The Morgan fingerprint density at radius 3 is 2.82 bits per heavy atom. The number of aromatic hydroxyl groups is 1. The molecule has 1 atom stereocenters. The van der Waals surface area contributed by atoms with Gasteiger partial charge in [-0.05, 0) is 71.1 Å². The highest BCUT2D eigenvalue weighted by Crippen LogP contribution is 2.45. The first-order valence-electron chi connectivity index (χ1n) is 9.48. The summed E-state index contributed by atoms with van der Waals surface area (Å²) < 4.78 is 6.18. The molecule has 1 aliphatic carbocycles. The van der Waals surface area contributed by atoms with Gasteiger partial charge in [0.2, 0.25) is 0 Å². The maximum Gasteiger partial charge on any atom is 0.161 e. The first kappa shape index (κ1) is 20.9. The fourth-order valence-corrected chi connectivity index (χ4v) is 5.23. The lowest BCUT2D eigenvalue weighted by Crippen LogP contribution is -2.26. The van der Waals surface area contributed by atoms with Gasteiger partial charge in [0.25, 0.3) is 0 Å². The van der Waals surface area contributed by atoms with E-state index in [4.69, 9.17) is 4.74 Å². The average Bonchev–Trinajstić information content (AvgIpc) is 2.99. The molecule has 0 bridgehead atoms. The molecule has 0 unspecified atom stereocenters. The van der Waals surface area contributed by atoms with E-state index in [0.717, 1.165) is 34.3 Å².